The summed E-state index contributed by atoms with van der Waals surface area (Å²) in [6, 6.07) is 12.9. The van der Waals surface area contributed by atoms with Crippen molar-refractivity contribution in [2.24, 2.45) is 5.73 Å². The maximum Gasteiger partial charge on any atom is 0.339 e. The first kappa shape index (κ1) is 22.1. The van der Waals surface area contributed by atoms with Crippen LogP contribution in [0.25, 0.3) is 0 Å². The Hall–Kier alpha value is -3.59. The van der Waals surface area contributed by atoms with Crippen molar-refractivity contribution in [1.82, 2.24) is 4.90 Å². The minimum Gasteiger partial charge on any atom is -0.493 e. The monoisotopic (exact) mass is 428 g/mol. The Labute approximate surface area is 179 Å². The van der Waals surface area contributed by atoms with E-state index in [4.69, 9.17) is 24.7 Å². The van der Waals surface area contributed by atoms with Gasteiger partial charge in [-0.2, -0.15) is 0 Å². The summed E-state index contributed by atoms with van der Waals surface area (Å²) in [4.78, 5) is 38.3. The van der Waals surface area contributed by atoms with Gasteiger partial charge in [-0.3, -0.25) is 9.59 Å². The van der Waals surface area contributed by atoms with Gasteiger partial charge in [0.25, 0.3) is 11.8 Å². The molecule has 0 aromatic heterocycles. The Balaban J connectivity index is 1.67. The first-order chi connectivity index (χ1) is 15.0. The van der Waals surface area contributed by atoms with Crippen LogP contribution < -0.4 is 15.2 Å². The molecule has 3 rings (SSSR count). The van der Waals surface area contributed by atoms with Gasteiger partial charge in [-0.1, -0.05) is 30.3 Å². The molecule has 0 radical (unpaired) electrons. The molecule has 1 aliphatic rings. The Bertz CT molecular complexity index is 927. The number of nitrogens with two attached hydrogens (primary N) is 1. The number of nitrogens with zero attached hydrogens (tertiary/aromatic N) is 1. The Morgan fingerprint density at radius 2 is 1.77 bits per heavy atom. The molecule has 9 heteroatoms. The van der Waals surface area contributed by atoms with E-state index in [0.717, 1.165) is 0 Å². The molecule has 2 aromatic rings. The molecule has 31 heavy (non-hydrogen) atoms. The van der Waals surface area contributed by atoms with Crippen LogP contribution in [0.5, 0.6) is 11.5 Å². The molecule has 1 heterocycles. The molecule has 9 nitrogen and oxygen atoms in total. The van der Waals surface area contributed by atoms with Crippen molar-refractivity contribution in [3.05, 3.63) is 59.7 Å². The van der Waals surface area contributed by atoms with Crippen LogP contribution in [0.3, 0.4) is 0 Å². The smallest absolute Gasteiger partial charge is 0.339 e. The number of ether oxygens (including phenoxy) is 4. The molecule has 2 N–H and O–H groups in total. The molecular weight excluding hydrogens is 404 g/mol. The maximum atomic E-state index is 12.6. The van der Waals surface area contributed by atoms with E-state index in [1.54, 1.807) is 35.2 Å². The Morgan fingerprint density at radius 3 is 2.42 bits per heavy atom. The third-order valence-corrected chi connectivity index (χ3v) is 4.70. The average Bonchev–Trinajstić information content (AvgIpc) is 2.81. The minimum atomic E-state index is -1.22. The van der Waals surface area contributed by atoms with Crippen molar-refractivity contribution in [2.75, 3.05) is 40.0 Å². The predicted octanol–water partition coefficient (Wildman–Crippen LogP) is 1.32. The predicted molar refractivity (Wildman–Crippen MR) is 110 cm³/mol. The van der Waals surface area contributed by atoms with Crippen LogP contribution in [-0.2, 0) is 19.1 Å². The number of hydrogen-bond donors (Lipinski definition) is 1. The number of carbonyl (C=O) groups excluding carboxylic acids is 3. The lowest BCUT2D eigenvalue weighted by molar-refractivity contribution is -0.137. The number of morpholine rings is 1. The molecule has 1 atom stereocenters. The second-order valence-corrected chi connectivity index (χ2v) is 6.75. The molecule has 0 spiro atoms. The number of primary amides is 1. The number of esters is 1. The molecule has 1 saturated heterocycles. The third kappa shape index (κ3) is 5.73. The average molecular weight is 428 g/mol. The highest BCUT2D eigenvalue weighted by Crippen LogP contribution is 2.29. The van der Waals surface area contributed by atoms with Gasteiger partial charge in [0.1, 0.15) is 0 Å². The summed E-state index contributed by atoms with van der Waals surface area (Å²) in [7, 11) is 1.41. The van der Waals surface area contributed by atoms with Gasteiger partial charge >= 0.3 is 5.97 Å². The van der Waals surface area contributed by atoms with Crippen LogP contribution in [0, 0.1) is 0 Å². The van der Waals surface area contributed by atoms with Crippen LogP contribution in [-0.4, -0.2) is 62.7 Å². The molecule has 1 aliphatic heterocycles. The summed E-state index contributed by atoms with van der Waals surface area (Å²) in [5.41, 5.74) is 6.01. The van der Waals surface area contributed by atoms with E-state index in [9.17, 15) is 14.4 Å². The van der Waals surface area contributed by atoms with Gasteiger partial charge < -0.3 is 29.6 Å². The zero-order valence-corrected chi connectivity index (χ0v) is 17.1. The topological polar surface area (TPSA) is 117 Å². The van der Waals surface area contributed by atoms with Gasteiger partial charge in [-0.05, 0) is 18.2 Å². The molecule has 2 amide bonds. The van der Waals surface area contributed by atoms with E-state index in [-0.39, 0.29) is 23.8 Å². The number of rotatable bonds is 8. The lowest BCUT2D eigenvalue weighted by Gasteiger charge is -2.26. The maximum absolute atomic E-state index is 12.6. The van der Waals surface area contributed by atoms with E-state index in [1.807, 2.05) is 0 Å². The highest BCUT2D eigenvalue weighted by Gasteiger charge is 2.24. The normalized spacial score (nSPS) is 14.4. The van der Waals surface area contributed by atoms with Crippen LogP contribution in [0.4, 0.5) is 0 Å². The van der Waals surface area contributed by atoms with Gasteiger partial charge in [0.15, 0.2) is 18.1 Å². The zero-order valence-electron chi connectivity index (χ0n) is 17.1. The van der Waals surface area contributed by atoms with E-state index in [1.165, 1.54) is 25.3 Å². The standard InChI is InChI=1S/C22H24N2O7/c1-28-18-13-16(22(27)31-20(21(23)26)15-5-3-2-4-6-15)7-8-17(18)30-14-19(25)24-9-11-29-12-10-24/h2-8,13,20H,9-12,14H2,1H3,(H2,23,26)/t20-/m0/s1. The molecule has 0 aliphatic carbocycles. The second kappa shape index (κ2) is 10.4. The van der Waals surface area contributed by atoms with Crippen LogP contribution in [0.1, 0.15) is 22.0 Å². The highest BCUT2D eigenvalue weighted by atomic mass is 16.5. The number of amides is 2. The highest BCUT2D eigenvalue weighted by molar-refractivity contribution is 5.93. The van der Waals surface area contributed by atoms with Gasteiger partial charge in [-0.15, -0.1) is 0 Å². The molecule has 0 bridgehead atoms. The first-order valence-corrected chi connectivity index (χ1v) is 9.71. The number of carbonyl (C=O) groups is 3. The van der Waals surface area contributed by atoms with Crippen LogP contribution >= 0.6 is 0 Å². The lowest BCUT2D eigenvalue weighted by Crippen LogP contribution is -2.43. The minimum absolute atomic E-state index is 0.144. The lowest BCUT2D eigenvalue weighted by atomic mass is 10.1. The van der Waals surface area contributed by atoms with E-state index < -0.39 is 18.0 Å². The largest absolute Gasteiger partial charge is 0.493 e. The Kier molecular flexibility index (Phi) is 7.45. The molecule has 1 fully saturated rings. The van der Waals surface area contributed by atoms with Crippen molar-refractivity contribution in [2.45, 2.75) is 6.10 Å². The SMILES string of the molecule is COc1cc(C(=O)O[C@H](C(N)=O)c2ccccc2)ccc1OCC(=O)N1CCOCC1. The fraction of sp³-hybridized carbons (Fsp3) is 0.318. The van der Waals surface area contributed by atoms with Gasteiger partial charge in [0.05, 0.1) is 25.9 Å². The third-order valence-electron chi connectivity index (χ3n) is 4.70. The van der Waals surface area contributed by atoms with Crippen LogP contribution in [0.15, 0.2) is 48.5 Å². The van der Waals surface area contributed by atoms with Crippen molar-refractivity contribution in [3.8, 4) is 11.5 Å². The fourth-order valence-corrected chi connectivity index (χ4v) is 3.05. The van der Waals surface area contributed by atoms with E-state index >= 15 is 0 Å². The van der Waals surface area contributed by atoms with Crippen molar-refractivity contribution in [3.63, 3.8) is 0 Å². The van der Waals surface area contributed by atoms with Crippen molar-refractivity contribution >= 4 is 17.8 Å². The zero-order chi connectivity index (χ0) is 22.2. The molecule has 0 unspecified atom stereocenters. The number of hydrogen-bond acceptors (Lipinski definition) is 7. The van der Waals surface area contributed by atoms with Crippen LogP contribution in [0.2, 0.25) is 0 Å². The van der Waals surface area contributed by atoms with Gasteiger partial charge in [0.2, 0.25) is 6.10 Å². The summed E-state index contributed by atoms with van der Waals surface area (Å²) >= 11 is 0. The summed E-state index contributed by atoms with van der Waals surface area (Å²) in [5, 5.41) is 0. The van der Waals surface area contributed by atoms with E-state index in [0.29, 0.717) is 37.6 Å². The Morgan fingerprint density at radius 1 is 1.06 bits per heavy atom. The number of methoxy groups -OCH3 is 1. The molecule has 164 valence electrons. The molecular formula is C22H24N2O7. The summed E-state index contributed by atoms with van der Waals surface area (Å²) in [6.07, 6.45) is -1.22. The first-order valence-electron chi connectivity index (χ1n) is 9.71. The summed E-state index contributed by atoms with van der Waals surface area (Å²) < 4.78 is 21.4. The van der Waals surface area contributed by atoms with Gasteiger partial charge in [-0.25, -0.2) is 4.79 Å². The molecule has 2 aromatic carbocycles. The quantitative estimate of drug-likeness (QED) is 0.630. The fourth-order valence-electron chi connectivity index (χ4n) is 3.05. The summed E-state index contributed by atoms with van der Waals surface area (Å²) in [6.45, 7) is 1.87. The van der Waals surface area contributed by atoms with Gasteiger partial charge in [0, 0.05) is 18.7 Å². The number of benzene rings is 2. The summed E-state index contributed by atoms with van der Waals surface area (Å²) in [5.74, 6) is -1.15. The van der Waals surface area contributed by atoms with Crippen molar-refractivity contribution < 1.29 is 33.3 Å². The second-order valence-electron chi connectivity index (χ2n) is 6.75. The van der Waals surface area contributed by atoms with Crippen molar-refractivity contribution in [1.29, 1.82) is 0 Å². The van der Waals surface area contributed by atoms with E-state index in [2.05, 4.69) is 0 Å². The molecule has 0 saturated carbocycles.